The predicted octanol–water partition coefficient (Wildman–Crippen LogP) is 13.8. The Kier molecular flexibility index (Phi) is 15.7. The van der Waals surface area contributed by atoms with Crippen molar-refractivity contribution < 1.29 is 172 Å². The van der Waals surface area contributed by atoms with Crippen molar-refractivity contribution in [2.24, 2.45) is 4.99 Å². The lowest BCUT2D eigenvalue weighted by Gasteiger charge is -2.47. The van der Waals surface area contributed by atoms with E-state index in [4.69, 9.17) is 0 Å². The maximum absolute atomic E-state index is 14.5. The minimum Gasteiger partial charge on any atom is -0.349 e. The van der Waals surface area contributed by atoms with Gasteiger partial charge in [0.25, 0.3) is 5.91 Å². The smallest absolute Gasteiger partial charge is 0.349 e. The molecule has 0 fully saturated rings. The van der Waals surface area contributed by atoms with Crippen LogP contribution in [0.3, 0.4) is 0 Å². The highest BCUT2D eigenvalue weighted by atomic mass is 19.4. The number of aliphatic imine (C=N–C) groups is 1. The van der Waals surface area contributed by atoms with Crippen LogP contribution in [-0.2, 0) is 4.79 Å². The third kappa shape index (κ3) is 8.47. The third-order valence-electron chi connectivity index (χ3n) is 9.17. The first-order chi connectivity index (χ1) is 30.5. The van der Waals surface area contributed by atoms with E-state index in [0.29, 0.717) is 12.1 Å². The molecule has 1 aromatic carbocycles. The molecule has 0 spiro atoms. The molecule has 1 unspecified atom stereocenters. The van der Waals surface area contributed by atoms with Gasteiger partial charge in [0.1, 0.15) is 0 Å². The lowest BCUT2D eigenvalue weighted by molar-refractivity contribution is -0.493. The molecule has 4 nitrogen and oxygen atoms in total. The maximum Gasteiger partial charge on any atom is 0.460 e. The second-order valence-electron chi connectivity index (χ2n) is 14.2. The Bertz CT molecular complexity index is 2180. The number of nitrogens with one attached hydrogen (secondary N) is 1. The van der Waals surface area contributed by atoms with Crippen molar-refractivity contribution >= 4 is 17.7 Å². The molecule has 0 saturated heterocycles. The first-order valence-corrected chi connectivity index (χ1v) is 16.5. The minimum atomic E-state index is -10.5. The molecule has 1 atom stereocenters. The molecule has 0 bridgehead atoms. The number of alkyl halides is 37. The molecule has 41 heteroatoms. The summed E-state index contributed by atoms with van der Waals surface area (Å²) in [5.74, 6) is -168. The highest BCUT2D eigenvalue weighted by molar-refractivity contribution is 5.95. The molecule has 414 valence electrons. The number of hydrogen-bond donors (Lipinski definition) is 1. The van der Waals surface area contributed by atoms with Crippen molar-refractivity contribution in [2.75, 3.05) is 0 Å². The van der Waals surface area contributed by atoms with Crippen molar-refractivity contribution in [2.45, 2.75) is 133 Å². The maximum atomic E-state index is 14.5. The average Bonchev–Trinajstić information content (AvgIpc) is 3.15. The number of isocyanates is 1. The van der Waals surface area contributed by atoms with Crippen LogP contribution in [-0.4, -0.2) is 125 Å². The van der Waals surface area contributed by atoms with Crippen LogP contribution < -0.4 is 5.32 Å². The minimum absolute atomic E-state index is 0.0144. The van der Waals surface area contributed by atoms with Crippen LogP contribution in [0.25, 0.3) is 0 Å². The Morgan fingerprint density at radius 3 is 0.901 bits per heavy atom. The lowest BCUT2D eigenvalue weighted by Crippen LogP contribution is -2.80. The molecule has 0 heterocycles. The Morgan fingerprint density at radius 1 is 0.423 bits per heavy atom. The SMILES string of the molecule is Cc1cc(N=C=O)cc(C(=O)NC(C)CC(F)(F)C(F)(F)C(F)(F)C(F)(F)C(F)(F)C(F)(F)C(F)(F)C(F)(F)C(F)(F)C(F)(F)C(F)(F)C(F)(F)C(F)(F)C(F)(F)C(F)(F)C(F)(F)C(F)(F)C(F)(F)F)c1. The summed E-state index contributed by atoms with van der Waals surface area (Å²) < 4.78 is 514. The topological polar surface area (TPSA) is 58.5 Å². The normalized spacial score (nSPS) is 16.4. The summed E-state index contributed by atoms with van der Waals surface area (Å²) >= 11 is 0. The molecule has 0 aliphatic heterocycles. The van der Waals surface area contributed by atoms with Gasteiger partial charge in [-0.15, -0.1) is 0 Å². The van der Waals surface area contributed by atoms with Gasteiger partial charge in [0, 0.05) is 18.0 Å². The predicted molar refractivity (Wildman–Crippen MR) is 151 cm³/mol. The first kappa shape index (κ1) is 64.5. The molecule has 71 heavy (non-hydrogen) atoms. The monoisotopic (exact) mass is 1140 g/mol. The van der Waals surface area contributed by atoms with E-state index in [1.807, 2.05) is 0 Å². The number of rotatable bonds is 21. The summed E-state index contributed by atoms with van der Waals surface area (Å²) in [7, 11) is 0. The summed E-state index contributed by atoms with van der Waals surface area (Å²) in [6.07, 6.45) is -11.0. The highest BCUT2D eigenvalue weighted by Gasteiger charge is 3.02. The molecule has 1 rings (SSSR count). The van der Waals surface area contributed by atoms with Crippen LogP contribution in [0.5, 0.6) is 0 Å². The molecule has 0 aliphatic rings. The van der Waals surface area contributed by atoms with E-state index in [9.17, 15) is 172 Å². The van der Waals surface area contributed by atoms with Gasteiger partial charge in [-0.3, -0.25) is 4.79 Å². The van der Waals surface area contributed by atoms with Gasteiger partial charge in [0.2, 0.25) is 6.08 Å². The van der Waals surface area contributed by atoms with E-state index in [0.717, 1.165) is 19.1 Å². The Balaban J connectivity index is 3.95. The van der Waals surface area contributed by atoms with E-state index >= 15 is 0 Å². The number of aryl methyl sites for hydroxylation is 1. The Labute approximate surface area is 363 Å². The quantitative estimate of drug-likeness (QED) is 0.0758. The van der Waals surface area contributed by atoms with Gasteiger partial charge in [-0.25, -0.2) is 4.79 Å². The van der Waals surface area contributed by atoms with Gasteiger partial charge in [-0.2, -0.15) is 167 Å². The molecule has 1 amide bonds. The van der Waals surface area contributed by atoms with E-state index in [-0.39, 0.29) is 12.5 Å². The first-order valence-electron chi connectivity index (χ1n) is 16.5. The van der Waals surface area contributed by atoms with Crippen molar-refractivity contribution in [1.82, 2.24) is 5.32 Å². The summed E-state index contributed by atoms with van der Waals surface area (Å²) in [5, 5.41) is 1.17. The standard InChI is InChI=1S/C30H13F37N2O2/c1-8-3-10(5-11(4-8)68-7-70)12(71)69-9(2)6-13(31,32)14(33,34)15(35,36)16(37,38)17(39,40)18(41,42)19(43,44)20(45,46)21(47,48)22(49,50)23(51,52)24(53,54)25(55,56)26(57,58)27(59,60)28(61,62)29(63,64)30(65,66)67/h3-5,9H,6H2,1-2H3,(H,69,71). The molecular formula is C30H13F37N2O2. The number of carbonyl (C=O) groups is 1. The fourth-order valence-corrected chi connectivity index (χ4v) is 5.05. The van der Waals surface area contributed by atoms with Crippen molar-refractivity contribution in [3.63, 3.8) is 0 Å². The fraction of sp³-hybridized carbons (Fsp3) is 0.733. The zero-order valence-corrected chi connectivity index (χ0v) is 32.3. The van der Waals surface area contributed by atoms with Gasteiger partial charge >= 0.3 is 107 Å². The van der Waals surface area contributed by atoms with Crippen molar-refractivity contribution in [3.8, 4) is 0 Å². The van der Waals surface area contributed by atoms with Crippen molar-refractivity contribution in [1.29, 1.82) is 0 Å². The van der Waals surface area contributed by atoms with E-state index in [2.05, 4.69) is 4.99 Å². The van der Waals surface area contributed by atoms with Crippen LogP contribution in [0.1, 0.15) is 29.3 Å². The van der Waals surface area contributed by atoms with Crippen LogP contribution in [0.2, 0.25) is 0 Å². The molecule has 0 aliphatic carbocycles. The summed E-state index contributed by atoms with van der Waals surface area (Å²) in [5.41, 5.74) is -1.47. The largest absolute Gasteiger partial charge is 0.460 e. The fourth-order valence-electron chi connectivity index (χ4n) is 5.05. The number of benzene rings is 1. The molecular weight excluding hydrogens is 1120 g/mol. The number of hydrogen-bond acceptors (Lipinski definition) is 3. The second-order valence-corrected chi connectivity index (χ2v) is 14.2. The number of carbonyl (C=O) groups excluding carboxylic acids is 2. The van der Waals surface area contributed by atoms with Gasteiger partial charge in [-0.05, 0) is 37.6 Å². The van der Waals surface area contributed by atoms with E-state index in [1.54, 1.807) is 0 Å². The number of nitrogens with zero attached hydrogens (tertiary/aromatic N) is 1. The van der Waals surface area contributed by atoms with Crippen LogP contribution >= 0.6 is 0 Å². The van der Waals surface area contributed by atoms with Crippen LogP contribution in [0.15, 0.2) is 23.2 Å². The summed E-state index contributed by atoms with van der Waals surface area (Å²) in [6, 6.07) is -0.757. The lowest BCUT2D eigenvalue weighted by atomic mass is 9.82. The van der Waals surface area contributed by atoms with E-state index < -0.39 is 136 Å². The molecule has 1 aromatic rings. The van der Waals surface area contributed by atoms with Gasteiger partial charge in [0.05, 0.1) is 5.69 Å². The molecule has 1 N–H and O–H groups in total. The zero-order chi connectivity index (χ0) is 57.8. The van der Waals surface area contributed by atoms with Crippen LogP contribution in [0, 0.1) is 6.92 Å². The highest BCUT2D eigenvalue weighted by Crippen LogP contribution is 2.70. The van der Waals surface area contributed by atoms with Gasteiger partial charge in [-0.1, -0.05) is 0 Å². The summed E-state index contributed by atoms with van der Waals surface area (Å²) in [4.78, 5) is 25.7. The average molecular weight is 1140 g/mol. The van der Waals surface area contributed by atoms with E-state index in [1.165, 1.54) is 5.32 Å². The molecule has 0 saturated carbocycles. The van der Waals surface area contributed by atoms with Gasteiger partial charge in [0.15, 0.2) is 0 Å². The Hall–Kier alpha value is -4.52. The molecule has 0 radical (unpaired) electrons. The Morgan fingerprint density at radius 2 is 0.662 bits per heavy atom. The number of amides is 1. The third-order valence-corrected chi connectivity index (χ3v) is 9.17. The van der Waals surface area contributed by atoms with Gasteiger partial charge < -0.3 is 5.32 Å². The van der Waals surface area contributed by atoms with Crippen LogP contribution in [0.4, 0.5) is 168 Å². The molecule has 0 aromatic heterocycles. The number of halogens is 37. The summed E-state index contributed by atoms with van der Waals surface area (Å²) in [6.45, 7) is 1.06. The van der Waals surface area contributed by atoms with Crippen molar-refractivity contribution in [3.05, 3.63) is 29.3 Å². The zero-order valence-electron chi connectivity index (χ0n) is 32.3. The second kappa shape index (κ2) is 17.3.